The smallest absolute Gasteiger partial charge is 0.317 e. The fourth-order valence-corrected chi connectivity index (χ4v) is 36.4. The SMILES string of the molecule is CC(C[Si](C)(O[SiH](C)O[Si](C)(CCC1CCC2OC2C1)O[Si](C)(CCC1CCC2OC2C1)O[Si](C)(C)C)O[Si](C)(C)C)c1ccccc1. The molecule has 0 amide bonds. The molecule has 5 rings (SSSR count). The van der Waals surface area contributed by atoms with Crippen LogP contribution in [0.2, 0.25) is 83.6 Å². The zero-order chi connectivity index (χ0) is 35.0. The van der Waals surface area contributed by atoms with Crippen LogP contribution in [0.1, 0.15) is 69.8 Å². The van der Waals surface area contributed by atoms with E-state index in [2.05, 4.69) is 103 Å². The summed E-state index contributed by atoms with van der Waals surface area (Å²) in [6.45, 7) is 25.3. The van der Waals surface area contributed by atoms with Gasteiger partial charge in [-0.15, -0.1) is 0 Å². The van der Waals surface area contributed by atoms with Gasteiger partial charge in [0.1, 0.15) is 0 Å². The Bertz CT molecular complexity index is 1190. The van der Waals surface area contributed by atoms with Gasteiger partial charge in [-0.1, -0.05) is 37.3 Å². The van der Waals surface area contributed by atoms with Crippen molar-refractivity contribution in [3.63, 3.8) is 0 Å². The van der Waals surface area contributed by atoms with E-state index in [0.717, 1.165) is 24.6 Å². The summed E-state index contributed by atoms with van der Waals surface area (Å²) in [6.07, 6.45) is 11.7. The van der Waals surface area contributed by atoms with Gasteiger partial charge >= 0.3 is 35.0 Å². The largest absolute Gasteiger partial charge is 0.437 e. The van der Waals surface area contributed by atoms with Crippen LogP contribution in [0, 0.1) is 11.8 Å². The van der Waals surface area contributed by atoms with Crippen LogP contribution >= 0.6 is 0 Å². The standard InChI is InChI=1S/C35H68O7Si6/c1-28(31-15-13-12-14-16-31)27-48(11,41-45(6,7)8)39-43(2)38-46(9,23-21-29-17-19-32-34(25-29)36-32)42-47(10,40-44(3,4)5)24-22-30-18-20-33-35(26-30)37-33/h12-16,28-30,32-35,43H,17-27H2,1-11H3. The second-order valence-corrected chi connectivity index (χ2v) is 40.2. The van der Waals surface area contributed by atoms with E-state index < -0.39 is 51.6 Å². The normalized spacial score (nSPS) is 32.1. The predicted molar refractivity (Wildman–Crippen MR) is 210 cm³/mol. The highest BCUT2D eigenvalue weighted by Crippen LogP contribution is 2.44. The third-order valence-corrected chi connectivity index (χ3v) is 32.8. The lowest BCUT2D eigenvalue weighted by Gasteiger charge is -2.43. The molecule has 2 saturated heterocycles. The summed E-state index contributed by atoms with van der Waals surface area (Å²) in [5, 5.41) is 0. The number of rotatable bonds is 19. The molecule has 1 aromatic carbocycles. The van der Waals surface area contributed by atoms with E-state index in [9.17, 15) is 0 Å². The molecule has 0 spiro atoms. The van der Waals surface area contributed by atoms with E-state index in [4.69, 9.17) is 30.0 Å². The monoisotopic (exact) mass is 768 g/mol. The number of fused-ring (bicyclic) bond motifs is 2. The Labute approximate surface area is 300 Å². The third-order valence-electron chi connectivity index (χ3n) is 10.6. The number of epoxide rings is 2. The van der Waals surface area contributed by atoms with Gasteiger partial charge in [0, 0.05) is 0 Å². The van der Waals surface area contributed by atoms with Crippen molar-refractivity contribution >= 4 is 51.6 Å². The van der Waals surface area contributed by atoms with E-state index in [-0.39, 0.29) is 0 Å². The van der Waals surface area contributed by atoms with E-state index >= 15 is 0 Å². The molecule has 11 atom stereocenters. The molecule has 0 N–H and O–H groups in total. The van der Waals surface area contributed by atoms with Crippen LogP contribution in [0.15, 0.2) is 30.3 Å². The maximum atomic E-state index is 7.54. The number of ether oxygens (including phenoxy) is 2. The molecule has 48 heavy (non-hydrogen) atoms. The van der Waals surface area contributed by atoms with Gasteiger partial charge in [0.05, 0.1) is 24.4 Å². The van der Waals surface area contributed by atoms with Crippen LogP contribution < -0.4 is 0 Å². The molecule has 1 aromatic rings. The maximum absolute atomic E-state index is 7.54. The molecule has 274 valence electrons. The Morgan fingerprint density at radius 1 is 0.646 bits per heavy atom. The first kappa shape index (κ1) is 39.4. The van der Waals surface area contributed by atoms with Crippen molar-refractivity contribution in [3.8, 4) is 0 Å². The lowest BCUT2D eigenvalue weighted by molar-refractivity contribution is 0.273. The van der Waals surface area contributed by atoms with Crippen molar-refractivity contribution < 1.29 is 30.0 Å². The fraction of sp³-hybridized carbons (Fsp3) is 0.829. The van der Waals surface area contributed by atoms with E-state index in [1.54, 1.807) is 0 Å². The highest BCUT2D eigenvalue weighted by atomic mass is 28.5. The summed E-state index contributed by atoms with van der Waals surface area (Å²) in [5.74, 6) is 1.76. The van der Waals surface area contributed by atoms with Crippen LogP contribution in [0.5, 0.6) is 0 Å². The lowest BCUT2D eigenvalue weighted by atomic mass is 9.88. The Balaban J connectivity index is 1.32. The quantitative estimate of drug-likeness (QED) is 0.103. The average Bonchev–Trinajstić information content (AvgIpc) is 3.87. The van der Waals surface area contributed by atoms with E-state index in [1.807, 2.05) is 0 Å². The van der Waals surface area contributed by atoms with Gasteiger partial charge in [-0.05, 0) is 158 Å². The second kappa shape index (κ2) is 15.7. The van der Waals surface area contributed by atoms with Gasteiger partial charge in [0.2, 0.25) is 0 Å². The summed E-state index contributed by atoms with van der Waals surface area (Å²) < 4.78 is 48.0. The number of hydrogen-bond donors (Lipinski definition) is 0. The topological polar surface area (TPSA) is 71.2 Å². The van der Waals surface area contributed by atoms with Crippen molar-refractivity contribution in [2.75, 3.05) is 0 Å². The highest BCUT2D eigenvalue weighted by Gasteiger charge is 2.50. The third kappa shape index (κ3) is 12.4. The molecule has 11 unspecified atom stereocenters. The number of hydrogen-bond acceptors (Lipinski definition) is 7. The first-order chi connectivity index (χ1) is 22.3. The molecule has 0 bridgehead atoms. The minimum absolute atomic E-state index is 0.358. The molecule has 0 aromatic heterocycles. The van der Waals surface area contributed by atoms with Gasteiger partial charge in [-0.25, -0.2) is 0 Å². The Hall–Kier alpha value is 0.241. The molecule has 0 radical (unpaired) electrons. The summed E-state index contributed by atoms with van der Waals surface area (Å²) in [7, 11) is -13.7. The lowest BCUT2D eigenvalue weighted by Crippen LogP contribution is -2.58. The molecule has 2 aliphatic carbocycles. The van der Waals surface area contributed by atoms with Gasteiger partial charge in [-0.2, -0.15) is 0 Å². The number of benzene rings is 1. The summed E-state index contributed by atoms with van der Waals surface area (Å²) in [5.41, 5.74) is 1.35. The molecule has 2 saturated carbocycles. The Kier molecular flexibility index (Phi) is 12.9. The molecular formula is C35H68O7Si6. The van der Waals surface area contributed by atoms with Crippen molar-refractivity contribution in [1.82, 2.24) is 0 Å². The Morgan fingerprint density at radius 2 is 1.12 bits per heavy atom. The summed E-state index contributed by atoms with van der Waals surface area (Å²) >= 11 is 0. The molecule has 4 fully saturated rings. The minimum atomic E-state index is -2.69. The zero-order valence-electron chi connectivity index (χ0n) is 32.1. The van der Waals surface area contributed by atoms with Crippen LogP contribution in [-0.4, -0.2) is 76.0 Å². The summed E-state index contributed by atoms with van der Waals surface area (Å²) in [6, 6.07) is 13.8. The van der Waals surface area contributed by atoms with Crippen molar-refractivity contribution in [3.05, 3.63) is 35.9 Å². The predicted octanol–water partition coefficient (Wildman–Crippen LogP) is 9.52. The molecule has 13 heteroatoms. The molecule has 2 heterocycles. The minimum Gasteiger partial charge on any atom is -0.437 e. The van der Waals surface area contributed by atoms with E-state index in [0.29, 0.717) is 42.2 Å². The highest BCUT2D eigenvalue weighted by molar-refractivity contribution is 6.89. The zero-order valence-corrected chi connectivity index (χ0v) is 38.3. The van der Waals surface area contributed by atoms with Crippen LogP contribution in [0.25, 0.3) is 0 Å². The van der Waals surface area contributed by atoms with Crippen molar-refractivity contribution in [2.45, 2.75) is 172 Å². The first-order valence-electron chi connectivity index (χ1n) is 19.1. The van der Waals surface area contributed by atoms with Gasteiger partial charge in [0.25, 0.3) is 0 Å². The Morgan fingerprint density at radius 3 is 1.62 bits per heavy atom. The fourth-order valence-electron chi connectivity index (χ4n) is 8.74. The molecule has 4 aliphatic rings. The van der Waals surface area contributed by atoms with Crippen molar-refractivity contribution in [1.29, 1.82) is 0 Å². The summed E-state index contributed by atoms with van der Waals surface area (Å²) in [4.78, 5) is 0. The van der Waals surface area contributed by atoms with Gasteiger partial charge in [-0.3, -0.25) is 0 Å². The molecule has 2 aliphatic heterocycles. The van der Waals surface area contributed by atoms with Crippen LogP contribution in [-0.2, 0) is 30.0 Å². The maximum Gasteiger partial charge on any atom is 0.317 e. The van der Waals surface area contributed by atoms with Crippen molar-refractivity contribution in [2.24, 2.45) is 11.8 Å². The van der Waals surface area contributed by atoms with Crippen LogP contribution in [0.4, 0.5) is 0 Å². The second-order valence-electron chi connectivity index (χ2n) is 18.1. The average molecular weight is 769 g/mol. The molecular weight excluding hydrogens is 701 g/mol. The van der Waals surface area contributed by atoms with Gasteiger partial charge < -0.3 is 30.0 Å². The molecule has 7 nitrogen and oxygen atoms in total. The van der Waals surface area contributed by atoms with Gasteiger partial charge in [0.15, 0.2) is 16.6 Å². The first-order valence-corrected chi connectivity index (χ1v) is 35.6. The van der Waals surface area contributed by atoms with E-state index in [1.165, 1.54) is 50.5 Å². The van der Waals surface area contributed by atoms with Crippen LogP contribution in [0.3, 0.4) is 0 Å².